The van der Waals surface area contributed by atoms with E-state index in [0.717, 1.165) is 96.3 Å². The summed E-state index contributed by atoms with van der Waals surface area (Å²) in [5.41, 5.74) is 0. The fourth-order valence-corrected chi connectivity index (χ4v) is 7.11. The van der Waals surface area contributed by atoms with E-state index in [1.807, 2.05) is 36.5 Å². The zero-order valence-electron chi connectivity index (χ0n) is 41.1. The first kappa shape index (κ1) is 59.6. The summed E-state index contributed by atoms with van der Waals surface area (Å²) in [7, 11) is 0. The van der Waals surface area contributed by atoms with Crippen molar-refractivity contribution in [1.82, 2.24) is 0 Å². The summed E-state index contributed by atoms with van der Waals surface area (Å²) in [5.74, 6) is -0.944. The van der Waals surface area contributed by atoms with Crippen LogP contribution >= 0.6 is 0 Å². The van der Waals surface area contributed by atoms with E-state index in [0.29, 0.717) is 19.3 Å². The summed E-state index contributed by atoms with van der Waals surface area (Å²) in [6.07, 6.45) is 65.7. The normalized spacial score (nSPS) is 12.7. The lowest BCUT2D eigenvalue weighted by atomic mass is 10.0. The van der Waals surface area contributed by atoms with Gasteiger partial charge in [-0.15, -0.1) is 0 Å². The van der Waals surface area contributed by atoms with Crippen LogP contribution in [0.5, 0.6) is 0 Å². The molecule has 0 aromatic rings. The second-order valence-electron chi connectivity index (χ2n) is 17.1. The molecule has 0 aromatic carbocycles. The number of ether oxygens (including phenoxy) is 3. The number of rotatable bonds is 46. The van der Waals surface area contributed by atoms with Crippen molar-refractivity contribution in [2.45, 2.75) is 245 Å². The number of hydrogen-bond acceptors (Lipinski definition) is 6. The Morgan fingerprint density at radius 3 is 1.17 bits per heavy atom. The third-order valence-corrected chi connectivity index (χ3v) is 11.0. The molecule has 0 radical (unpaired) electrons. The fourth-order valence-electron chi connectivity index (χ4n) is 7.11. The Bertz CT molecular complexity index is 1240. The van der Waals surface area contributed by atoms with Gasteiger partial charge in [0.2, 0.25) is 0 Å². The van der Waals surface area contributed by atoms with Crippen molar-refractivity contribution in [3.05, 3.63) is 85.1 Å². The molecule has 0 rings (SSSR count). The third kappa shape index (κ3) is 49.5. The molecule has 1 unspecified atom stereocenters. The number of hydrogen-bond donors (Lipinski definition) is 0. The highest BCUT2D eigenvalue weighted by Gasteiger charge is 2.19. The van der Waals surface area contributed by atoms with E-state index in [-0.39, 0.29) is 31.1 Å². The van der Waals surface area contributed by atoms with E-state index in [1.165, 1.54) is 103 Å². The van der Waals surface area contributed by atoms with Crippen LogP contribution in [0.25, 0.3) is 0 Å². The SMILES string of the molecule is CC/C=C/C=C/C=C/C=C/CCCCCC(=O)OCC(COC(=O)CCCCCCCC/C=C/C/C=C/C/C=C/CC)OC(=O)CCCCCCCCCCCCCCCCCC. The quantitative estimate of drug-likeness (QED) is 0.0199. The number of carbonyl (C=O) groups excluding carboxylic acids is 3. The van der Waals surface area contributed by atoms with Gasteiger partial charge in [-0.3, -0.25) is 14.4 Å². The molecule has 0 aliphatic heterocycles. The Hall–Kier alpha value is -3.41. The van der Waals surface area contributed by atoms with Gasteiger partial charge in [0.05, 0.1) is 0 Å². The topological polar surface area (TPSA) is 78.9 Å². The largest absolute Gasteiger partial charge is 0.462 e. The second kappa shape index (κ2) is 51.2. The van der Waals surface area contributed by atoms with E-state index in [9.17, 15) is 14.4 Å². The molecule has 0 spiro atoms. The van der Waals surface area contributed by atoms with Crippen molar-refractivity contribution < 1.29 is 28.6 Å². The number of esters is 3. The van der Waals surface area contributed by atoms with Crippen LogP contribution in [0.3, 0.4) is 0 Å². The Labute approximate surface area is 388 Å². The van der Waals surface area contributed by atoms with Crippen LogP contribution < -0.4 is 0 Å². The molecule has 0 amide bonds. The lowest BCUT2D eigenvalue weighted by molar-refractivity contribution is -0.167. The molecule has 0 aliphatic rings. The maximum Gasteiger partial charge on any atom is 0.306 e. The van der Waals surface area contributed by atoms with Gasteiger partial charge in [-0.2, -0.15) is 0 Å². The molecule has 360 valence electrons. The van der Waals surface area contributed by atoms with Crippen LogP contribution in [-0.2, 0) is 28.6 Å². The minimum atomic E-state index is -0.796. The molecule has 0 aliphatic carbocycles. The van der Waals surface area contributed by atoms with Crippen LogP contribution in [0.4, 0.5) is 0 Å². The summed E-state index contributed by atoms with van der Waals surface area (Å²) in [5, 5.41) is 0. The number of unbranched alkanes of at least 4 members (excludes halogenated alkanes) is 24. The maximum atomic E-state index is 12.8. The predicted octanol–water partition coefficient (Wildman–Crippen LogP) is 17.2. The molecule has 63 heavy (non-hydrogen) atoms. The van der Waals surface area contributed by atoms with Gasteiger partial charge < -0.3 is 14.2 Å². The van der Waals surface area contributed by atoms with Gasteiger partial charge in [-0.1, -0.05) is 234 Å². The number of carbonyl (C=O) groups is 3. The summed E-state index contributed by atoms with van der Waals surface area (Å²) in [6.45, 7) is 6.35. The molecule has 0 saturated heterocycles. The highest BCUT2D eigenvalue weighted by Crippen LogP contribution is 2.15. The molecule has 0 bridgehead atoms. The zero-order chi connectivity index (χ0) is 45.8. The van der Waals surface area contributed by atoms with Crippen molar-refractivity contribution in [2.24, 2.45) is 0 Å². The standard InChI is InChI=1S/C57H96O6/c1-4-7-10-13-16-19-22-25-27-29-32-35-38-41-44-47-50-56(59)62-53-54(52-61-55(58)49-46-43-40-37-34-31-24-21-18-15-12-9-6-3)63-57(60)51-48-45-42-39-36-33-30-28-26-23-20-17-14-11-8-5-2/h7,9-10,12,15-16,18-19,21,24-25,27,31,34,54H,4-6,8,11,13-14,17,20,22-23,26,28-30,32-33,35-53H2,1-3H3/b10-7+,12-9+,18-15+,19-16+,24-21+,27-25+,34-31+. The summed E-state index contributed by atoms with van der Waals surface area (Å²) >= 11 is 0. The lowest BCUT2D eigenvalue weighted by Gasteiger charge is -2.18. The smallest absolute Gasteiger partial charge is 0.306 e. The highest BCUT2D eigenvalue weighted by atomic mass is 16.6. The van der Waals surface area contributed by atoms with Crippen molar-refractivity contribution >= 4 is 17.9 Å². The lowest BCUT2D eigenvalue weighted by Crippen LogP contribution is -2.30. The van der Waals surface area contributed by atoms with Gasteiger partial charge in [0, 0.05) is 19.3 Å². The van der Waals surface area contributed by atoms with Gasteiger partial charge in [0.15, 0.2) is 6.10 Å². The summed E-state index contributed by atoms with van der Waals surface area (Å²) in [6, 6.07) is 0. The van der Waals surface area contributed by atoms with Crippen molar-refractivity contribution in [1.29, 1.82) is 0 Å². The van der Waals surface area contributed by atoms with Gasteiger partial charge in [-0.05, 0) is 70.6 Å². The van der Waals surface area contributed by atoms with Gasteiger partial charge >= 0.3 is 17.9 Å². The predicted molar refractivity (Wildman–Crippen MR) is 270 cm³/mol. The molecule has 6 nitrogen and oxygen atoms in total. The Balaban J connectivity index is 4.44. The van der Waals surface area contributed by atoms with E-state index < -0.39 is 6.10 Å². The Kier molecular flexibility index (Phi) is 48.5. The Morgan fingerprint density at radius 1 is 0.349 bits per heavy atom. The molecule has 0 aromatic heterocycles. The van der Waals surface area contributed by atoms with Gasteiger partial charge in [0.1, 0.15) is 13.2 Å². The molecule has 0 N–H and O–H groups in total. The van der Waals surface area contributed by atoms with E-state index in [4.69, 9.17) is 14.2 Å². The molecule has 0 heterocycles. The molecule has 0 saturated carbocycles. The fraction of sp³-hybridized carbons (Fsp3) is 0.702. The minimum absolute atomic E-state index is 0.0952. The van der Waals surface area contributed by atoms with E-state index >= 15 is 0 Å². The van der Waals surface area contributed by atoms with Crippen LogP contribution in [0.2, 0.25) is 0 Å². The molecule has 6 heteroatoms. The van der Waals surface area contributed by atoms with Crippen LogP contribution in [0.15, 0.2) is 85.1 Å². The van der Waals surface area contributed by atoms with Gasteiger partial charge in [-0.25, -0.2) is 0 Å². The average Bonchev–Trinajstić information content (AvgIpc) is 3.28. The van der Waals surface area contributed by atoms with E-state index in [2.05, 4.69) is 69.4 Å². The highest BCUT2D eigenvalue weighted by molar-refractivity contribution is 5.71. The third-order valence-electron chi connectivity index (χ3n) is 11.0. The number of allylic oxidation sites excluding steroid dienone is 14. The van der Waals surface area contributed by atoms with Crippen LogP contribution in [-0.4, -0.2) is 37.2 Å². The monoisotopic (exact) mass is 877 g/mol. The average molecular weight is 877 g/mol. The van der Waals surface area contributed by atoms with Crippen LogP contribution in [0.1, 0.15) is 239 Å². The van der Waals surface area contributed by atoms with Crippen LogP contribution in [0, 0.1) is 0 Å². The van der Waals surface area contributed by atoms with Crippen molar-refractivity contribution in [3.63, 3.8) is 0 Å². The first-order valence-corrected chi connectivity index (χ1v) is 26.1. The minimum Gasteiger partial charge on any atom is -0.462 e. The molecular formula is C57H96O6. The van der Waals surface area contributed by atoms with Crippen molar-refractivity contribution in [3.8, 4) is 0 Å². The maximum absolute atomic E-state index is 12.8. The second-order valence-corrected chi connectivity index (χ2v) is 17.1. The molecular weight excluding hydrogens is 781 g/mol. The summed E-state index contributed by atoms with van der Waals surface area (Å²) in [4.78, 5) is 38.0. The summed E-state index contributed by atoms with van der Waals surface area (Å²) < 4.78 is 16.8. The Morgan fingerprint density at radius 2 is 0.698 bits per heavy atom. The van der Waals surface area contributed by atoms with Crippen molar-refractivity contribution in [2.75, 3.05) is 13.2 Å². The first-order chi connectivity index (χ1) is 31.0. The molecule has 0 fully saturated rings. The molecule has 1 atom stereocenters. The van der Waals surface area contributed by atoms with E-state index in [1.54, 1.807) is 0 Å². The zero-order valence-corrected chi connectivity index (χ0v) is 41.1. The van der Waals surface area contributed by atoms with Gasteiger partial charge in [0.25, 0.3) is 0 Å². The first-order valence-electron chi connectivity index (χ1n) is 26.1.